The van der Waals surface area contributed by atoms with Gasteiger partial charge in [-0.25, -0.2) is 0 Å². The molecule has 1 nitrogen and oxygen atoms in total. The maximum atomic E-state index is 9.57. The lowest BCUT2D eigenvalue weighted by atomic mass is 9.79. The summed E-state index contributed by atoms with van der Waals surface area (Å²) < 4.78 is 0. The van der Waals surface area contributed by atoms with Gasteiger partial charge in [0.2, 0.25) is 0 Å². The third kappa shape index (κ3) is 1.84. The summed E-state index contributed by atoms with van der Waals surface area (Å²) in [6.45, 7) is 6.50. The van der Waals surface area contributed by atoms with Crippen LogP contribution in [-0.2, 0) is 0 Å². The van der Waals surface area contributed by atoms with Crippen LogP contribution in [0.15, 0.2) is 11.6 Å². The van der Waals surface area contributed by atoms with Gasteiger partial charge in [0.25, 0.3) is 0 Å². The molecule has 0 aromatic carbocycles. The van der Waals surface area contributed by atoms with Crippen LogP contribution in [0.3, 0.4) is 0 Å². The molecule has 0 saturated heterocycles. The molecule has 0 aromatic rings. The first-order valence-corrected chi connectivity index (χ1v) is 4.52. The Labute approximate surface area is 69.1 Å². The van der Waals surface area contributed by atoms with Crippen LogP contribution < -0.4 is 0 Å². The van der Waals surface area contributed by atoms with E-state index in [0.717, 1.165) is 6.42 Å². The zero-order valence-electron chi connectivity index (χ0n) is 7.67. The quantitative estimate of drug-likeness (QED) is 0.575. The van der Waals surface area contributed by atoms with Crippen molar-refractivity contribution in [2.24, 2.45) is 11.8 Å². The third-order valence-electron chi connectivity index (χ3n) is 2.88. The summed E-state index contributed by atoms with van der Waals surface area (Å²) in [5.74, 6) is 1.08. The Hall–Kier alpha value is -0.300. The molecule has 0 saturated carbocycles. The molecule has 0 fully saturated rings. The van der Waals surface area contributed by atoms with Gasteiger partial charge in [0.1, 0.15) is 0 Å². The molecule has 0 bridgehead atoms. The van der Waals surface area contributed by atoms with Gasteiger partial charge < -0.3 is 5.11 Å². The molecule has 3 atom stereocenters. The molecular formula is C10H18O. The lowest BCUT2D eigenvalue weighted by Gasteiger charge is -2.29. The molecule has 1 heteroatoms. The van der Waals surface area contributed by atoms with Crippen molar-refractivity contribution in [1.82, 2.24) is 0 Å². The largest absolute Gasteiger partial charge is 0.389 e. The van der Waals surface area contributed by atoms with E-state index in [4.69, 9.17) is 0 Å². The van der Waals surface area contributed by atoms with Crippen molar-refractivity contribution >= 4 is 0 Å². The fraction of sp³-hybridized carbons (Fsp3) is 0.800. The van der Waals surface area contributed by atoms with Gasteiger partial charge in [-0.15, -0.1) is 0 Å². The standard InChI is InChI=1S/C10H18O/c1-4-9-5-7(2)8(3)10(11)6-9/h6-8,10-11H,4-5H2,1-3H3. The van der Waals surface area contributed by atoms with E-state index in [1.165, 1.54) is 12.0 Å². The molecule has 1 rings (SSSR count). The van der Waals surface area contributed by atoms with E-state index in [0.29, 0.717) is 11.8 Å². The van der Waals surface area contributed by atoms with Crippen molar-refractivity contribution in [1.29, 1.82) is 0 Å². The number of aliphatic hydroxyl groups is 1. The molecule has 11 heavy (non-hydrogen) atoms. The van der Waals surface area contributed by atoms with Crippen LogP contribution >= 0.6 is 0 Å². The summed E-state index contributed by atoms with van der Waals surface area (Å²) in [4.78, 5) is 0. The van der Waals surface area contributed by atoms with Crippen LogP contribution in [0.2, 0.25) is 0 Å². The van der Waals surface area contributed by atoms with Gasteiger partial charge >= 0.3 is 0 Å². The van der Waals surface area contributed by atoms with Gasteiger partial charge in [-0.3, -0.25) is 0 Å². The first kappa shape index (κ1) is 8.79. The SMILES string of the molecule is CCC1=CC(O)C(C)C(C)C1. The van der Waals surface area contributed by atoms with E-state index < -0.39 is 0 Å². The van der Waals surface area contributed by atoms with Crippen LogP contribution in [-0.4, -0.2) is 11.2 Å². The molecule has 0 spiro atoms. The van der Waals surface area contributed by atoms with Gasteiger partial charge in [-0.05, 0) is 24.7 Å². The minimum Gasteiger partial charge on any atom is -0.389 e. The van der Waals surface area contributed by atoms with Crippen LogP contribution in [0.25, 0.3) is 0 Å². The predicted molar refractivity (Wildman–Crippen MR) is 47.3 cm³/mol. The van der Waals surface area contributed by atoms with Crippen molar-refractivity contribution in [2.45, 2.75) is 39.7 Å². The Morgan fingerprint density at radius 1 is 1.55 bits per heavy atom. The second kappa shape index (κ2) is 3.40. The molecule has 0 aliphatic heterocycles. The summed E-state index contributed by atoms with van der Waals surface area (Å²) in [6.07, 6.45) is 4.10. The van der Waals surface area contributed by atoms with Crippen molar-refractivity contribution in [3.8, 4) is 0 Å². The summed E-state index contributed by atoms with van der Waals surface area (Å²) >= 11 is 0. The average Bonchev–Trinajstić information content (AvgIpc) is 1.99. The van der Waals surface area contributed by atoms with Crippen LogP contribution in [0.5, 0.6) is 0 Å². The van der Waals surface area contributed by atoms with E-state index in [2.05, 4.69) is 20.8 Å². The predicted octanol–water partition coefficient (Wildman–Crippen LogP) is 2.36. The summed E-state index contributed by atoms with van der Waals surface area (Å²) in [6, 6.07) is 0. The molecule has 0 heterocycles. The average molecular weight is 154 g/mol. The highest BCUT2D eigenvalue weighted by molar-refractivity contribution is 5.11. The van der Waals surface area contributed by atoms with Crippen LogP contribution in [0.4, 0.5) is 0 Å². The van der Waals surface area contributed by atoms with Crippen LogP contribution in [0.1, 0.15) is 33.6 Å². The molecule has 0 radical (unpaired) electrons. The Morgan fingerprint density at radius 3 is 2.64 bits per heavy atom. The molecule has 0 amide bonds. The number of hydrogen-bond acceptors (Lipinski definition) is 1. The summed E-state index contributed by atoms with van der Waals surface area (Å²) in [7, 11) is 0. The molecule has 3 unspecified atom stereocenters. The summed E-state index contributed by atoms with van der Waals surface area (Å²) in [5, 5.41) is 9.57. The molecule has 1 aliphatic rings. The monoisotopic (exact) mass is 154 g/mol. The molecule has 1 aliphatic carbocycles. The maximum Gasteiger partial charge on any atom is 0.0751 e. The molecule has 1 N–H and O–H groups in total. The van der Waals surface area contributed by atoms with E-state index in [1.54, 1.807) is 0 Å². The first-order valence-electron chi connectivity index (χ1n) is 4.52. The lowest BCUT2D eigenvalue weighted by Crippen LogP contribution is -2.26. The Balaban J connectivity index is 2.68. The van der Waals surface area contributed by atoms with Gasteiger partial charge in [0.15, 0.2) is 0 Å². The minimum absolute atomic E-state index is 0.200. The minimum atomic E-state index is -0.200. The molecule has 0 aromatic heterocycles. The Bertz CT molecular complexity index is 160. The third-order valence-corrected chi connectivity index (χ3v) is 2.88. The zero-order valence-corrected chi connectivity index (χ0v) is 7.67. The van der Waals surface area contributed by atoms with E-state index in [9.17, 15) is 5.11 Å². The highest BCUT2D eigenvalue weighted by atomic mass is 16.3. The normalized spacial score (nSPS) is 38.5. The first-order chi connectivity index (χ1) is 5.15. The van der Waals surface area contributed by atoms with Crippen molar-refractivity contribution in [3.05, 3.63) is 11.6 Å². The fourth-order valence-electron chi connectivity index (χ4n) is 1.66. The van der Waals surface area contributed by atoms with Gasteiger partial charge in [0.05, 0.1) is 6.10 Å². The van der Waals surface area contributed by atoms with Gasteiger partial charge in [0, 0.05) is 0 Å². The number of rotatable bonds is 1. The maximum absolute atomic E-state index is 9.57. The second-order valence-corrected chi connectivity index (χ2v) is 3.71. The van der Waals surface area contributed by atoms with Crippen molar-refractivity contribution < 1.29 is 5.11 Å². The molecule has 64 valence electrons. The topological polar surface area (TPSA) is 20.2 Å². The highest BCUT2D eigenvalue weighted by Crippen LogP contribution is 2.30. The second-order valence-electron chi connectivity index (χ2n) is 3.71. The number of hydrogen-bond donors (Lipinski definition) is 1. The van der Waals surface area contributed by atoms with Gasteiger partial charge in [-0.1, -0.05) is 32.4 Å². The van der Waals surface area contributed by atoms with Crippen molar-refractivity contribution in [3.63, 3.8) is 0 Å². The lowest BCUT2D eigenvalue weighted by molar-refractivity contribution is 0.117. The fourth-order valence-corrected chi connectivity index (χ4v) is 1.66. The van der Waals surface area contributed by atoms with E-state index in [1.807, 2.05) is 6.08 Å². The highest BCUT2D eigenvalue weighted by Gasteiger charge is 2.24. The van der Waals surface area contributed by atoms with E-state index >= 15 is 0 Å². The molecular weight excluding hydrogens is 136 g/mol. The van der Waals surface area contributed by atoms with Crippen LogP contribution in [0, 0.1) is 11.8 Å². The zero-order chi connectivity index (χ0) is 8.43. The van der Waals surface area contributed by atoms with E-state index in [-0.39, 0.29) is 6.10 Å². The van der Waals surface area contributed by atoms with Crippen molar-refractivity contribution in [2.75, 3.05) is 0 Å². The Kier molecular flexibility index (Phi) is 2.72. The Morgan fingerprint density at radius 2 is 2.18 bits per heavy atom. The number of allylic oxidation sites excluding steroid dienone is 1. The van der Waals surface area contributed by atoms with Gasteiger partial charge in [-0.2, -0.15) is 0 Å². The number of aliphatic hydroxyl groups excluding tert-OH is 1. The smallest absolute Gasteiger partial charge is 0.0751 e. The summed E-state index contributed by atoms with van der Waals surface area (Å²) in [5.41, 5.74) is 1.42.